The number of carbonyl (C=O) groups excluding carboxylic acids is 1. The molecule has 5 heteroatoms. The number of oxazole rings is 1. The monoisotopic (exact) mass is 377 g/mol. The van der Waals surface area contributed by atoms with Crippen molar-refractivity contribution in [3.05, 3.63) is 77.8 Å². The lowest BCUT2D eigenvalue weighted by Gasteiger charge is -2.16. The van der Waals surface area contributed by atoms with Crippen LogP contribution in [-0.2, 0) is 17.8 Å². The summed E-state index contributed by atoms with van der Waals surface area (Å²) in [6.07, 6.45) is 2.59. The highest BCUT2D eigenvalue weighted by Crippen LogP contribution is 2.21. The molecule has 0 spiro atoms. The molecule has 3 aromatic rings. The van der Waals surface area contributed by atoms with Crippen LogP contribution in [0.3, 0.4) is 0 Å². The van der Waals surface area contributed by atoms with E-state index < -0.39 is 0 Å². The maximum atomic E-state index is 12.1. The third-order valence-corrected chi connectivity index (χ3v) is 4.57. The average Bonchev–Trinajstić information content (AvgIpc) is 3.17. The van der Waals surface area contributed by atoms with Crippen LogP contribution in [0.25, 0.3) is 11.3 Å². The summed E-state index contributed by atoms with van der Waals surface area (Å²) in [7, 11) is 2.05. The highest BCUT2D eigenvalue weighted by Gasteiger charge is 2.09. The molecule has 0 aliphatic heterocycles. The summed E-state index contributed by atoms with van der Waals surface area (Å²) in [6.45, 7) is 4.35. The Morgan fingerprint density at radius 3 is 2.61 bits per heavy atom. The molecule has 146 valence electrons. The first-order valence-electron chi connectivity index (χ1n) is 9.61. The molecule has 0 saturated heterocycles. The molecule has 0 aliphatic carbocycles. The third-order valence-electron chi connectivity index (χ3n) is 4.57. The van der Waals surface area contributed by atoms with E-state index >= 15 is 0 Å². The van der Waals surface area contributed by atoms with Gasteiger partial charge in [0.05, 0.1) is 6.20 Å². The van der Waals surface area contributed by atoms with E-state index in [1.807, 2.05) is 49.4 Å². The minimum atomic E-state index is 0.0168. The van der Waals surface area contributed by atoms with Gasteiger partial charge in [-0.25, -0.2) is 4.98 Å². The van der Waals surface area contributed by atoms with Crippen LogP contribution in [0.1, 0.15) is 23.4 Å². The standard InChI is InChI=1S/C23H27N3O2/c1-18-8-10-20(11-9-18)21-16-25-23(28-21)13-12-22(27)24-14-15-26(2)17-19-6-4-3-5-7-19/h3-11,16H,12-15,17H2,1-2H3,(H,24,27). The molecular formula is C23H27N3O2. The summed E-state index contributed by atoms with van der Waals surface area (Å²) >= 11 is 0. The molecule has 0 atom stereocenters. The molecule has 0 unspecified atom stereocenters. The number of aromatic nitrogens is 1. The van der Waals surface area contributed by atoms with Gasteiger partial charge in [0.25, 0.3) is 0 Å². The van der Waals surface area contributed by atoms with Crippen LogP contribution in [0.2, 0.25) is 0 Å². The van der Waals surface area contributed by atoms with E-state index in [-0.39, 0.29) is 5.91 Å². The maximum absolute atomic E-state index is 12.1. The van der Waals surface area contributed by atoms with E-state index in [9.17, 15) is 4.79 Å². The van der Waals surface area contributed by atoms with Crippen molar-refractivity contribution in [1.29, 1.82) is 0 Å². The molecule has 2 aromatic carbocycles. The van der Waals surface area contributed by atoms with E-state index in [4.69, 9.17) is 4.42 Å². The minimum absolute atomic E-state index is 0.0168. The van der Waals surface area contributed by atoms with E-state index in [1.54, 1.807) is 6.20 Å². The Labute approximate surface area is 166 Å². The molecule has 1 heterocycles. The minimum Gasteiger partial charge on any atom is -0.441 e. The van der Waals surface area contributed by atoms with Gasteiger partial charge in [0.2, 0.25) is 5.91 Å². The lowest BCUT2D eigenvalue weighted by atomic mass is 10.1. The molecule has 0 saturated carbocycles. The maximum Gasteiger partial charge on any atom is 0.220 e. The Morgan fingerprint density at radius 2 is 1.86 bits per heavy atom. The number of aryl methyl sites for hydroxylation is 2. The molecule has 1 amide bonds. The summed E-state index contributed by atoms with van der Waals surface area (Å²) in [4.78, 5) is 18.6. The van der Waals surface area contributed by atoms with Crippen LogP contribution in [0.15, 0.2) is 65.2 Å². The average molecular weight is 377 g/mol. The molecule has 5 nitrogen and oxygen atoms in total. The fourth-order valence-electron chi connectivity index (χ4n) is 2.95. The summed E-state index contributed by atoms with van der Waals surface area (Å²) in [5, 5.41) is 2.96. The lowest BCUT2D eigenvalue weighted by Crippen LogP contribution is -2.32. The van der Waals surface area contributed by atoms with Crippen molar-refractivity contribution in [3.63, 3.8) is 0 Å². The van der Waals surface area contributed by atoms with Crippen LogP contribution < -0.4 is 5.32 Å². The van der Waals surface area contributed by atoms with Gasteiger partial charge >= 0.3 is 0 Å². The van der Waals surface area contributed by atoms with Crippen molar-refractivity contribution >= 4 is 5.91 Å². The van der Waals surface area contributed by atoms with Crippen LogP contribution in [0.5, 0.6) is 0 Å². The van der Waals surface area contributed by atoms with Crippen molar-refractivity contribution < 1.29 is 9.21 Å². The number of rotatable bonds is 9. The van der Waals surface area contributed by atoms with E-state index in [0.717, 1.165) is 24.4 Å². The number of benzene rings is 2. The molecule has 28 heavy (non-hydrogen) atoms. The van der Waals surface area contributed by atoms with Gasteiger partial charge in [-0.15, -0.1) is 0 Å². The highest BCUT2D eigenvalue weighted by atomic mass is 16.4. The molecule has 0 radical (unpaired) electrons. The second-order valence-electron chi connectivity index (χ2n) is 7.06. The Balaban J connectivity index is 1.37. The second-order valence-corrected chi connectivity index (χ2v) is 7.06. The van der Waals surface area contributed by atoms with Gasteiger partial charge < -0.3 is 14.6 Å². The SMILES string of the molecule is Cc1ccc(-c2cnc(CCC(=O)NCCN(C)Cc3ccccc3)o2)cc1. The number of likely N-dealkylation sites (N-methyl/N-ethyl adjacent to an activating group) is 1. The van der Waals surface area contributed by atoms with Crippen molar-refractivity contribution in [2.75, 3.05) is 20.1 Å². The topological polar surface area (TPSA) is 58.4 Å². The van der Waals surface area contributed by atoms with E-state index in [1.165, 1.54) is 11.1 Å². The Bertz CT molecular complexity index is 872. The van der Waals surface area contributed by atoms with Gasteiger partial charge in [0.15, 0.2) is 11.7 Å². The fraction of sp³-hybridized carbons (Fsp3) is 0.304. The van der Waals surface area contributed by atoms with Gasteiger partial charge in [-0.05, 0) is 19.5 Å². The van der Waals surface area contributed by atoms with E-state index in [0.29, 0.717) is 25.3 Å². The van der Waals surface area contributed by atoms with Gasteiger partial charge in [-0.1, -0.05) is 60.2 Å². The Hall–Kier alpha value is -2.92. The normalized spacial score (nSPS) is 11.0. The second kappa shape index (κ2) is 9.85. The number of carbonyl (C=O) groups is 1. The lowest BCUT2D eigenvalue weighted by molar-refractivity contribution is -0.121. The molecule has 0 fully saturated rings. The van der Waals surface area contributed by atoms with Gasteiger partial charge in [-0.3, -0.25) is 4.79 Å². The Morgan fingerprint density at radius 1 is 1.11 bits per heavy atom. The largest absolute Gasteiger partial charge is 0.441 e. The number of nitrogens with one attached hydrogen (secondary N) is 1. The summed E-state index contributed by atoms with van der Waals surface area (Å²) < 4.78 is 5.77. The Kier molecular flexibility index (Phi) is 6.98. The van der Waals surface area contributed by atoms with Crippen molar-refractivity contribution in [2.45, 2.75) is 26.3 Å². The quantitative estimate of drug-likeness (QED) is 0.616. The fourth-order valence-corrected chi connectivity index (χ4v) is 2.95. The first-order valence-corrected chi connectivity index (χ1v) is 9.61. The molecule has 0 bridgehead atoms. The van der Waals surface area contributed by atoms with Gasteiger partial charge in [0.1, 0.15) is 0 Å². The van der Waals surface area contributed by atoms with Gasteiger partial charge in [0, 0.05) is 38.0 Å². The third kappa shape index (κ3) is 6.06. The van der Waals surface area contributed by atoms with Gasteiger partial charge in [-0.2, -0.15) is 0 Å². The van der Waals surface area contributed by atoms with Crippen molar-refractivity contribution in [1.82, 2.24) is 15.2 Å². The molecule has 1 aromatic heterocycles. The number of amides is 1. The van der Waals surface area contributed by atoms with E-state index in [2.05, 4.69) is 34.4 Å². The first kappa shape index (κ1) is 19.8. The molecule has 0 aliphatic rings. The van der Waals surface area contributed by atoms with Crippen LogP contribution in [0.4, 0.5) is 0 Å². The molecule has 3 rings (SSSR count). The molecular weight excluding hydrogens is 350 g/mol. The predicted molar refractivity (Wildman–Crippen MR) is 111 cm³/mol. The number of hydrogen-bond acceptors (Lipinski definition) is 4. The highest BCUT2D eigenvalue weighted by molar-refractivity contribution is 5.76. The van der Waals surface area contributed by atoms with Crippen LogP contribution in [-0.4, -0.2) is 35.9 Å². The van der Waals surface area contributed by atoms with Crippen molar-refractivity contribution in [2.24, 2.45) is 0 Å². The van der Waals surface area contributed by atoms with Crippen LogP contribution in [0, 0.1) is 6.92 Å². The zero-order valence-electron chi connectivity index (χ0n) is 16.5. The zero-order chi connectivity index (χ0) is 19.8. The summed E-state index contributed by atoms with van der Waals surface area (Å²) in [5.74, 6) is 1.34. The number of nitrogens with zero attached hydrogens (tertiary/aromatic N) is 2. The number of hydrogen-bond donors (Lipinski definition) is 1. The molecule has 1 N–H and O–H groups in total. The first-order chi connectivity index (χ1) is 13.6. The smallest absolute Gasteiger partial charge is 0.220 e. The summed E-state index contributed by atoms with van der Waals surface area (Å²) in [6, 6.07) is 18.4. The zero-order valence-corrected chi connectivity index (χ0v) is 16.5. The van der Waals surface area contributed by atoms with Crippen molar-refractivity contribution in [3.8, 4) is 11.3 Å². The predicted octanol–water partition coefficient (Wildman–Crippen LogP) is 3.83. The summed E-state index contributed by atoms with van der Waals surface area (Å²) in [5.41, 5.74) is 3.47. The van der Waals surface area contributed by atoms with Crippen LogP contribution >= 0.6 is 0 Å².